The normalized spacial score (nSPS) is 21.9. The first-order chi connectivity index (χ1) is 12.1. The van der Waals surface area contributed by atoms with Crippen LogP contribution in [0.5, 0.6) is 0 Å². The van der Waals surface area contributed by atoms with E-state index in [1.54, 1.807) is 0 Å². The lowest BCUT2D eigenvalue weighted by atomic mass is 10.1. The van der Waals surface area contributed by atoms with E-state index in [4.69, 9.17) is 16.3 Å². The molecule has 4 nitrogen and oxygen atoms in total. The molecule has 1 fully saturated rings. The minimum Gasteiger partial charge on any atom is -0.373 e. The highest BCUT2D eigenvalue weighted by Crippen LogP contribution is 2.35. The Hall–Kier alpha value is -1.57. The first-order valence-electron chi connectivity index (χ1n) is 8.35. The van der Waals surface area contributed by atoms with E-state index in [0.717, 1.165) is 19.2 Å². The predicted octanol–water partition coefficient (Wildman–Crippen LogP) is 3.60. The molecule has 0 saturated carbocycles. The van der Waals surface area contributed by atoms with E-state index in [0.29, 0.717) is 13.1 Å². The zero-order valence-electron chi connectivity index (χ0n) is 14.6. The van der Waals surface area contributed by atoms with Crippen LogP contribution in [0.3, 0.4) is 0 Å². The van der Waals surface area contributed by atoms with Crippen molar-refractivity contribution in [1.82, 2.24) is 10.2 Å². The van der Waals surface area contributed by atoms with Crippen molar-refractivity contribution in [2.24, 2.45) is 0 Å². The monoisotopic (exact) mass is 390 g/mol. The number of nitrogens with one attached hydrogen (secondary N) is 1. The Morgan fingerprint density at radius 1 is 1.35 bits per heavy atom. The molecule has 144 valence electrons. The Kier molecular flexibility index (Phi) is 7.08. The second-order valence-corrected chi connectivity index (χ2v) is 6.79. The van der Waals surface area contributed by atoms with Gasteiger partial charge in [-0.1, -0.05) is 17.7 Å². The number of benzene rings is 1. The third-order valence-electron chi connectivity index (χ3n) is 3.95. The zero-order chi connectivity index (χ0) is 19.3. The van der Waals surface area contributed by atoms with Crippen molar-refractivity contribution in [1.29, 1.82) is 0 Å². The fourth-order valence-corrected chi connectivity index (χ4v) is 3.12. The van der Waals surface area contributed by atoms with E-state index in [-0.39, 0.29) is 28.7 Å². The molecule has 1 N–H and O–H groups in total. The number of alkyl halides is 3. The molecule has 2 atom stereocenters. The summed E-state index contributed by atoms with van der Waals surface area (Å²) in [5, 5.41) is 2.36. The van der Waals surface area contributed by atoms with E-state index in [9.17, 15) is 18.0 Å². The first kappa shape index (κ1) is 20.7. The Morgan fingerprint density at radius 2 is 2.00 bits per heavy atom. The van der Waals surface area contributed by atoms with Gasteiger partial charge in [0.25, 0.3) is 0 Å². The standard InChI is InChI=1S/C18H22ClF3N2O2/c1-12-10-24(11-13(2)26-12)8-7-23-17(25)6-4-14-3-5-16(19)15(9-14)18(20,21)22/h3-6,9,12-13H,7-8,10-11H2,1-2H3,(H,23,25). The number of nitrogens with zero attached hydrogens (tertiary/aromatic N) is 1. The largest absolute Gasteiger partial charge is 0.417 e. The third kappa shape index (κ3) is 6.30. The number of rotatable bonds is 5. The minimum absolute atomic E-state index is 0.155. The number of halogens is 4. The maximum absolute atomic E-state index is 12.8. The summed E-state index contributed by atoms with van der Waals surface area (Å²) in [6.07, 6.45) is -1.67. The first-order valence-corrected chi connectivity index (χ1v) is 8.73. The van der Waals surface area contributed by atoms with Crippen molar-refractivity contribution in [3.05, 3.63) is 40.4 Å². The maximum Gasteiger partial charge on any atom is 0.417 e. The van der Waals surface area contributed by atoms with Crippen LogP contribution in [0.4, 0.5) is 13.2 Å². The SMILES string of the molecule is CC1CN(CCNC(=O)C=Cc2ccc(Cl)c(C(F)(F)F)c2)CC(C)O1. The van der Waals surface area contributed by atoms with E-state index in [2.05, 4.69) is 10.2 Å². The second kappa shape index (κ2) is 8.88. The molecule has 1 saturated heterocycles. The van der Waals surface area contributed by atoms with Gasteiger partial charge >= 0.3 is 6.18 Å². The number of morpholine rings is 1. The van der Waals surface area contributed by atoms with Crippen LogP contribution in [0.1, 0.15) is 25.0 Å². The van der Waals surface area contributed by atoms with Gasteiger partial charge in [-0.2, -0.15) is 13.2 Å². The predicted molar refractivity (Wildman–Crippen MR) is 94.9 cm³/mol. The number of hydrogen-bond donors (Lipinski definition) is 1. The second-order valence-electron chi connectivity index (χ2n) is 6.38. The average Bonchev–Trinajstić information content (AvgIpc) is 2.52. The summed E-state index contributed by atoms with van der Waals surface area (Å²) in [6, 6.07) is 3.52. The van der Waals surface area contributed by atoms with Gasteiger partial charge in [-0.05, 0) is 37.6 Å². The van der Waals surface area contributed by atoms with Gasteiger partial charge in [-0.15, -0.1) is 0 Å². The van der Waals surface area contributed by atoms with Crippen molar-refractivity contribution in [2.75, 3.05) is 26.2 Å². The van der Waals surface area contributed by atoms with Crippen LogP contribution in [0.2, 0.25) is 5.02 Å². The molecule has 8 heteroatoms. The van der Waals surface area contributed by atoms with E-state index in [1.807, 2.05) is 13.8 Å². The smallest absolute Gasteiger partial charge is 0.373 e. The summed E-state index contributed by atoms with van der Waals surface area (Å²) < 4.78 is 44.1. The van der Waals surface area contributed by atoms with Gasteiger partial charge in [0.05, 0.1) is 22.8 Å². The number of carbonyl (C=O) groups excluding carboxylic acids is 1. The minimum atomic E-state index is -4.53. The molecule has 0 radical (unpaired) electrons. The van der Waals surface area contributed by atoms with Gasteiger partial charge < -0.3 is 10.1 Å². The van der Waals surface area contributed by atoms with Crippen molar-refractivity contribution in [3.63, 3.8) is 0 Å². The molecule has 1 aromatic rings. The maximum atomic E-state index is 12.8. The fourth-order valence-electron chi connectivity index (χ4n) is 2.90. The Morgan fingerprint density at radius 3 is 2.62 bits per heavy atom. The fraction of sp³-hybridized carbons (Fsp3) is 0.500. The molecule has 2 unspecified atom stereocenters. The van der Waals surface area contributed by atoms with Gasteiger partial charge in [0, 0.05) is 32.3 Å². The molecule has 0 bridgehead atoms. The number of amides is 1. The summed E-state index contributed by atoms with van der Waals surface area (Å²) >= 11 is 5.57. The van der Waals surface area contributed by atoms with Crippen LogP contribution in [-0.2, 0) is 15.7 Å². The Balaban J connectivity index is 1.84. The molecule has 1 amide bonds. The van der Waals surface area contributed by atoms with Crippen LogP contribution < -0.4 is 5.32 Å². The summed E-state index contributed by atoms with van der Waals surface area (Å²) in [5.41, 5.74) is -0.662. The van der Waals surface area contributed by atoms with Crippen LogP contribution in [0, 0.1) is 0 Å². The van der Waals surface area contributed by atoms with Crippen LogP contribution in [-0.4, -0.2) is 49.2 Å². The van der Waals surface area contributed by atoms with Crippen molar-refractivity contribution >= 4 is 23.6 Å². The lowest BCUT2D eigenvalue weighted by molar-refractivity contribution is -0.137. The average molecular weight is 391 g/mol. The Labute approximate surface area is 155 Å². The number of ether oxygens (including phenoxy) is 1. The summed E-state index contributed by atoms with van der Waals surface area (Å²) in [5.74, 6) is -0.358. The molecule has 1 aliphatic rings. The third-order valence-corrected chi connectivity index (χ3v) is 4.28. The highest BCUT2D eigenvalue weighted by molar-refractivity contribution is 6.31. The van der Waals surface area contributed by atoms with E-state index < -0.39 is 11.7 Å². The van der Waals surface area contributed by atoms with Crippen molar-refractivity contribution in [2.45, 2.75) is 32.2 Å². The van der Waals surface area contributed by atoms with Crippen molar-refractivity contribution in [3.8, 4) is 0 Å². The van der Waals surface area contributed by atoms with Gasteiger partial charge in [0.1, 0.15) is 0 Å². The lowest BCUT2D eigenvalue weighted by Gasteiger charge is -2.35. The molecule has 0 aliphatic carbocycles. The Bertz CT molecular complexity index is 654. The van der Waals surface area contributed by atoms with Crippen LogP contribution in [0.25, 0.3) is 6.08 Å². The summed E-state index contributed by atoms with van der Waals surface area (Å²) in [6.45, 7) is 6.77. The number of hydrogen-bond acceptors (Lipinski definition) is 3. The highest BCUT2D eigenvalue weighted by Gasteiger charge is 2.33. The molecule has 0 spiro atoms. The highest BCUT2D eigenvalue weighted by atomic mass is 35.5. The molecule has 26 heavy (non-hydrogen) atoms. The zero-order valence-corrected chi connectivity index (χ0v) is 15.4. The molecule has 2 rings (SSSR count). The molecular formula is C18H22ClF3N2O2. The molecular weight excluding hydrogens is 369 g/mol. The lowest BCUT2D eigenvalue weighted by Crippen LogP contribution is -2.47. The van der Waals surface area contributed by atoms with Crippen LogP contribution in [0.15, 0.2) is 24.3 Å². The van der Waals surface area contributed by atoms with Gasteiger partial charge in [-0.3, -0.25) is 9.69 Å². The summed E-state index contributed by atoms with van der Waals surface area (Å²) in [4.78, 5) is 14.1. The van der Waals surface area contributed by atoms with Crippen LogP contribution >= 0.6 is 11.6 Å². The van der Waals surface area contributed by atoms with Crippen molar-refractivity contribution < 1.29 is 22.7 Å². The van der Waals surface area contributed by atoms with E-state index >= 15 is 0 Å². The quantitative estimate of drug-likeness (QED) is 0.781. The summed E-state index contributed by atoms with van der Waals surface area (Å²) in [7, 11) is 0. The molecule has 1 aromatic carbocycles. The molecule has 1 aliphatic heterocycles. The van der Waals surface area contributed by atoms with Gasteiger partial charge in [-0.25, -0.2) is 0 Å². The molecule has 1 heterocycles. The van der Waals surface area contributed by atoms with E-state index in [1.165, 1.54) is 24.3 Å². The molecule has 0 aromatic heterocycles. The van der Waals surface area contributed by atoms with Gasteiger partial charge in [0.2, 0.25) is 5.91 Å². The topological polar surface area (TPSA) is 41.6 Å². The van der Waals surface area contributed by atoms with Gasteiger partial charge in [0.15, 0.2) is 0 Å². The number of carbonyl (C=O) groups is 1.